The minimum atomic E-state index is -4.57. The molecule has 0 atom stereocenters. The second-order valence-corrected chi connectivity index (χ2v) is 6.35. The molecule has 0 bridgehead atoms. The van der Waals surface area contributed by atoms with Crippen LogP contribution < -0.4 is 0 Å². The third-order valence-electron chi connectivity index (χ3n) is 3.76. The Morgan fingerprint density at radius 3 is 2.28 bits per heavy atom. The summed E-state index contributed by atoms with van der Waals surface area (Å²) in [6.07, 6.45) is -4.57. The first-order chi connectivity index (χ1) is 11.9. The molecule has 0 aliphatic heterocycles. The van der Waals surface area contributed by atoms with E-state index in [0.29, 0.717) is 17.0 Å². The number of para-hydroxylation sites is 1. The predicted molar refractivity (Wildman–Crippen MR) is 91.5 cm³/mol. The van der Waals surface area contributed by atoms with Crippen LogP contribution in [0.2, 0.25) is 0 Å². The van der Waals surface area contributed by atoms with E-state index in [4.69, 9.17) is 4.42 Å². The Balaban J connectivity index is 1.96. The van der Waals surface area contributed by atoms with Crippen molar-refractivity contribution >= 4 is 27.0 Å². The minimum Gasteiger partial charge on any atom is -0.438 e. The van der Waals surface area contributed by atoms with E-state index >= 15 is 0 Å². The minimum absolute atomic E-state index is 0.0609. The van der Waals surface area contributed by atoms with E-state index in [0.717, 1.165) is 4.47 Å². The summed E-state index contributed by atoms with van der Waals surface area (Å²) in [6, 6.07) is 17.1. The lowest BCUT2D eigenvalue weighted by Gasteiger charge is -2.03. The molecule has 0 fully saturated rings. The van der Waals surface area contributed by atoms with Crippen molar-refractivity contribution in [3.8, 4) is 17.0 Å². The number of aromatic nitrogens is 2. The van der Waals surface area contributed by atoms with E-state index in [1.165, 1.54) is 10.7 Å². The van der Waals surface area contributed by atoms with Crippen molar-refractivity contribution in [1.82, 2.24) is 9.78 Å². The van der Waals surface area contributed by atoms with Gasteiger partial charge in [-0.25, -0.2) is 0 Å². The zero-order chi connectivity index (χ0) is 17.6. The number of fused-ring (bicyclic) bond motifs is 1. The predicted octanol–water partition coefficient (Wildman–Crippen LogP) is 6.07. The van der Waals surface area contributed by atoms with Crippen molar-refractivity contribution in [3.05, 3.63) is 70.8 Å². The standard InChI is InChI=1S/C18H10BrF3N2O/c19-12-8-6-11(7-9-12)15-10-14-16(18(20,21)22)23-24(17(14)25-15)13-4-2-1-3-5-13/h1-10H. The van der Waals surface area contributed by atoms with E-state index < -0.39 is 11.9 Å². The van der Waals surface area contributed by atoms with Crippen LogP contribution in [0.25, 0.3) is 28.1 Å². The van der Waals surface area contributed by atoms with Crippen LogP contribution in [0.5, 0.6) is 0 Å². The fourth-order valence-electron chi connectivity index (χ4n) is 2.62. The highest BCUT2D eigenvalue weighted by molar-refractivity contribution is 9.10. The first kappa shape index (κ1) is 16.0. The van der Waals surface area contributed by atoms with Gasteiger partial charge in [-0.15, -0.1) is 0 Å². The van der Waals surface area contributed by atoms with E-state index in [1.807, 2.05) is 0 Å². The molecule has 0 N–H and O–H groups in total. The van der Waals surface area contributed by atoms with Crippen LogP contribution in [-0.4, -0.2) is 9.78 Å². The zero-order valence-corrected chi connectivity index (χ0v) is 14.2. The molecule has 2 aromatic heterocycles. The molecule has 7 heteroatoms. The average molecular weight is 407 g/mol. The molecule has 0 saturated carbocycles. The summed E-state index contributed by atoms with van der Waals surface area (Å²) in [5.41, 5.74) is 0.293. The van der Waals surface area contributed by atoms with Gasteiger partial charge in [-0.05, 0) is 30.3 Å². The van der Waals surface area contributed by atoms with E-state index in [-0.39, 0.29) is 11.1 Å². The second-order valence-electron chi connectivity index (χ2n) is 5.43. The summed E-state index contributed by atoms with van der Waals surface area (Å²) >= 11 is 3.33. The number of alkyl halides is 3. The van der Waals surface area contributed by atoms with Crippen LogP contribution in [0.15, 0.2) is 69.6 Å². The maximum Gasteiger partial charge on any atom is 0.435 e. The molecule has 0 aliphatic rings. The highest BCUT2D eigenvalue weighted by atomic mass is 79.9. The van der Waals surface area contributed by atoms with E-state index in [2.05, 4.69) is 21.0 Å². The Hall–Kier alpha value is -2.54. The summed E-state index contributed by atoms with van der Waals surface area (Å²) in [7, 11) is 0. The second kappa shape index (κ2) is 5.77. The summed E-state index contributed by atoms with van der Waals surface area (Å²) in [6.45, 7) is 0. The van der Waals surface area contributed by atoms with Gasteiger partial charge in [0.05, 0.1) is 11.1 Å². The monoisotopic (exact) mass is 406 g/mol. The summed E-state index contributed by atoms with van der Waals surface area (Å²) < 4.78 is 48.0. The lowest BCUT2D eigenvalue weighted by atomic mass is 10.1. The lowest BCUT2D eigenvalue weighted by Crippen LogP contribution is -2.07. The molecule has 2 heterocycles. The lowest BCUT2D eigenvalue weighted by molar-refractivity contribution is -0.140. The maximum absolute atomic E-state index is 13.4. The number of nitrogens with zero attached hydrogens (tertiary/aromatic N) is 2. The average Bonchev–Trinajstić information content (AvgIpc) is 3.14. The summed E-state index contributed by atoms with van der Waals surface area (Å²) in [5.74, 6) is 0.357. The Morgan fingerprint density at radius 1 is 0.960 bits per heavy atom. The van der Waals surface area contributed by atoms with Gasteiger partial charge in [0.25, 0.3) is 0 Å². The number of hydrogen-bond acceptors (Lipinski definition) is 2. The molecule has 0 radical (unpaired) electrons. The van der Waals surface area contributed by atoms with Crippen LogP contribution in [0.4, 0.5) is 13.2 Å². The smallest absolute Gasteiger partial charge is 0.435 e. The molecular formula is C18H10BrF3N2O. The number of rotatable bonds is 2. The maximum atomic E-state index is 13.4. The molecule has 0 unspecified atom stereocenters. The molecule has 25 heavy (non-hydrogen) atoms. The van der Waals surface area contributed by atoms with Gasteiger partial charge in [0, 0.05) is 10.0 Å². The van der Waals surface area contributed by atoms with Gasteiger partial charge in [-0.1, -0.05) is 46.3 Å². The van der Waals surface area contributed by atoms with Gasteiger partial charge in [0.15, 0.2) is 5.69 Å². The van der Waals surface area contributed by atoms with Gasteiger partial charge in [0.2, 0.25) is 5.71 Å². The number of hydrogen-bond donors (Lipinski definition) is 0. The fraction of sp³-hybridized carbons (Fsp3) is 0.0556. The fourth-order valence-corrected chi connectivity index (χ4v) is 2.88. The molecule has 3 nitrogen and oxygen atoms in total. The van der Waals surface area contributed by atoms with Crippen molar-refractivity contribution in [1.29, 1.82) is 0 Å². The number of benzene rings is 2. The topological polar surface area (TPSA) is 31.0 Å². The molecule has 0 saturated heterocycles. The first-order valence-corrected chi connectivity index (χ1v) is 8.14. The third kappa shape index (κ3) is 2.84. The highest BCUT2D eigenvalue weighted by Gasteiger charge is 2.38. The van der Waals surface area contributed by atoms with E-state index in [1.54, 1.807) is 54.6 Å². The van der Waals surface area contributed by atoms with Crippen LogP contribution in [0.1, 0.15) is 5.69 Å². The Bertz CT molecular complexity index is 1030. The van der Waals surface area contributed by atoms with Crippen molar-refractivity contribution < 1.29 is 17.6 Å². The molecule has 4 rings (SSSR count). The van der Waals surface area contributed by atoms with Crippen molar-refractivity contribution in [2.75, 3.05) is 0 Å². The molecule has 2 aromatic carbocycles. The Labute approximate surface area is 148 Å². The van der Waals surface area contributed by atoms with E-state index in [9.17, 15) is 13.2 Å². The van der Waals surface area contributed by atoms with Gasteiger partial charge >= 0.3 is 6.18 Å². The van der Waals surface area contributed by atoms with Crippen LogP contribution in [0.3, 0.4) is 0 Å². The molecular weight excluding hydrogens is 397 g/mol. The van der Waals surface area contributed by atoms with Crippen molar-refractivity contribution in [2.45, 2.75) is 6.18 Å². The van der Waals surface area contributed by atoms with Crippen molar-refractivity contribution in [2.24, 2.45) is 0 Å². The van der Waals surface area contributed by atoms with Gasteiger partial charge in [-0.2, -0.15) is 23.0 Å². The van der Waals surface area contributed by atoms with Crippen LogP contribution in [0, 0.1) is 0 Å². The quantitative estimate of drug-likeness (QED) is 0.404. The van der Waals surface area contributed by atoms with Crippen molar-refractivity contribution in [3.63, 3.8) is 0 Å². The number of furan rings is 1. The van der Waals surface area contributed by atoms with Crippen LogP contribution >= 0.6 is 15.9 Å². The molecule has 0 aliphatic carbocycles. The van der Waals surface area contributed by atoms with Gasteiger partial charge in [-0.3, -0.25) is 0 Å². The van der Waals surface area contributed by atoms with Gasteiger partial charge < -0.3 is 4.42 Å². The summed E-state index contributed by atoms with van der Waals surface area (Å²) in [4.78, 5) is 0. The summed E-state index contributed by atoms with van der Waals surface area (Å²) in [5, 5.41) is 3.67. The third-order valence-corrected chi connectivity index (χ3v) is 4.29. The highest BCUT2D eigenvalue weighted by Crippen LogP contribution is 2.38. The van der Waals surface area contributed by atoms with Crippen LogP contribution in [-0.2, 0) is 6.18 Å². The normalized spacial score (nSPS) is 12.0. The Morgan fingerprint density at radius 2 is 1.64 bits per heavy atom. The van der Waals surface area contributed by atoms with Gasteiger partial charge in [0.1, 0.15) is 5.76 Å². The zero-order valence-electron chi connectivity index (χ0n) is 12.6. The first-order valence-electron chi connectivity index (χ1n) is 7.34. The molecule has 4 aromatic rings. The molecule has 0 spiro atoms. The SMILES string of the molecule is FC(F)(F)c1nn(-c2ccccc2)c2oc(-c3ccc(Br)cc3)cc12. The number of halogens is 4. The largest absolute Gasteiger partial charge is 0.438 e. The molecule has 0 amide bonds. The molecule has 126 valence electrons. The Kier molecular flexibility index (Phi) is 3.68.